The normalized spacial score (nSPS) is 13.1. The second-order valence-electron chi connectivity index (χ2n) is 4.01. The number of hydrogen-bond acceptors (Lipinski definition) is 3. The standard InChI is InChI=1S/C11H21N3O/c1-5-10(8-15-4)13-11-6-12-14(7-11)9(2)3/h6-7,9-10,13H,5,8H2,1-4H3. The van der Waals surface area contributed by atoms with E-state index < -0.39 is 0 Å². The maximum atomic E-state index is 5.13. The number of hydrogen-bond donors (Lipinski definition) is 1. The molecule has 0 spiro atoms. The molecule has 1 rings (SSSR count). The van der Waals surface area contributed by atoms with Crippen LogP contribution in [0.15, 0.2) is 12.4 Å². The number of aromatic nitrogens is 2. The fourth-order valence-electron chi connectivity index (χ4n) is 1.39. The van der Waals surface area contributed by atoms with E-state index in [2.05, 4.69) is 31.2 Å². The molecule has 1 aromatic rings. The Balaban J connectivity index is 2.55. The maximum Gasteiger partial charge on any atom is 0.0729 e. The zero-order valence-electron chi connectivity index (χ0n) is 10.0. The van der Waals surface area contributed by atoms with Gasteiger partial charge >= 0.3 is 0 Å². The van der Waals surface area contributed by atoms with Gasteiger partial charge < -0.3 is 10.1 Å². The lowest BCUT2D eigenvalue weighted by Crippen LogP contribution is -2.23. The Morgan fingerprint density at radius 1 is 1.53 bits per heavy atom. The molecular weight excluding hydrogens is 190 g/mol. The minimum atomic E-state index is 0.361. The largest absolute Gasteiger partial charge is 0.383 e. The van der Waals surface area contributed by atoms with Crippen molar-refractivity contribution in [2.24, 2.45) is 0 Å². The predicted octanol–water partition coefficient (Wildman–Crippen LogP) is 2.30. The summed E-state index contributed by atoms with van der Waals surface area (Å²) in [5.74, 6) is 0. The first-order valence-electron chi connectivity index (χ1n) is 5.47. The molecule has 0 saturated heterocycles. The lowest BCUT2D eigenvalue weighted by atomic mass is 10.2. The lowest BCUT2D eigenvalue weighted by Gasteiger charge is -2.15. The fraction of sp³-hybridized carbons (Fsp3) is 0.727. The average Bonchev–Trinajstić information content (AvgIpc) is 2.65. The van der Waals surface area contributed by atoms with Gasteiger partial charge in [-0.3, -0.25) is 4.68 Å². The summed E-state index contributed by atoms with van der Waals surface area (Å²) in [6.07, 6.45) is 4.93. The summed E-state index contributed by atoms with van der Waals surface area (Å²) in [6, 6.07) is 0.767. The molecule has 0 saturated carbocycles. The number of nitrogens with zero attached hydrogens (tertiary/aromatic N) is 2. The number of rotatable bonds is 6. The Hall–Kier alpha value is -1.03. The second-order valence-corrected chi connectivity index (χ2v) is 4.01. The van der Waals surface area contributed by atoms with Gasteiger partial charge in [-0.05, 0) is 20.3 Å². The van der Waals surface area contributed by atoms with Gasteiger partial charge in [0.2, 0.25) is 0 Å². The van der Waals surface area contributed by atoms with Crippen molar-refractivity contribution >= 4 is 5.69 Å². The molecule has 1 N–H and O–H groups in total. The Labute approximate surface area is 91.6 Å². The molecule has 4 heteroatoms. The summed E-state index contributed by atoms with van der Waals surface area (Å²) < 4.78 is 7.08. The smallest absolute Gasteiger partial charge is 0.0729 e. The van der Waals surface area contributed by atoms with E-state index in [0.29, 0.717) is 12.1 Å². The highest BCUT2D eigenvalue weighted by Gasteiger charge is 2.07. The molecular formula is C11H21N3O. The van der Waals surface area contributed by atoms with Crippen molar-refractivity contribution in [1.82, 2.24) is 9.78 Å². The molecule has 1 unspecified atom stereocenters. The first-order chi connectivity index (χ1) is 7.17. The molecule has 0 amide bonds. The number of methoxy groups -OCH3 is 1. The van der Waals surface area contributed by atoms with Gasteiger partial charge in [-0.15, -0.1) is 0 Å². The third-order valence-corrected chi connectivity index (χ3v) is 2.36. The van der Waals surface area contributed by atoms with Gasteiger partial charge in [0.05, 0.1) is 18.5 Å². The van der Waals surface area contributed by atoms with E-state index in [9.17, 15) is 0 Å². The van der Waals surface area contributed by atoms with Gasteiger partial charge in [0, 0.05) is 25.4 Å². The van der Waals surface area contributed by atoms with Gasteiger partial charge in [-0.1, -0.05) is 6.92 Å². The van der Waals surface area contributed by atoms with E-state index >= 15 is 0 Å². The first kappa shape index (κ1) is 12.0. The second kappa shape index (κ2) is 5.75. The van der Waals surface area contributed by atoms with Crippen molar-refractivity contribution in [2.45, 2.75) is 39.3 Å². The van der Waals surface area contributed by atoms with Crippen molar-refractivity contribution in [2.75, 3.05) is 19.0 Å². The van der Waals surface area contributed by atoms with E-state index in [1.807, 2.05) is 17.1 Å². The molecule has 0 aromatic carbocycles. The number of ether oxygens (including phenoxy) is 1. The molecule has 4 nitrogen and oxygen atoms in total. The van der Waals surface area contributed by atoms with Crippen LogP contribution in [0.25, 0.3) is 0 Å². The molecule has 0 radical (unpaired) electrons. The van der Waals surface area contributed by atoms with Gasteiger partial charge in [0.1, 0.15) is 0 Å². The highest BCUT2D eigenvalue weighted by Crippen LogP contribution is 2.12. The van der Waals surface area contributed by atoms with E-state index in [1.54, 1.807) is 7.11 Å². The minimum absolute atomic E-state index is 0.361. The number of anilines is 1. The van der Waals surface area contributed by atoms with Crippen LogP contribution in [0.5, 0.6) is 0 Å². The van der Waals surface area contributed by atoms with Crippen LogP contribution >= 0.6 is 0 Å². The molecule has 0 aliphatic heterocycles. The van der Waals surface area contributed by atoms with Crippen LogP contribution in [0, 0.1) is 0 Å². The molecule has 0 aliphatic carbocycles. The lowest BCUT2D eigenvalue weighted by molar-refractivity contribution is 0.184. The summed E-state index contributed by atoms with van der Waals surface area (Å²) >= 11 is 0. The van der Waals surface area contributed by atoms with E-state index in [4.69, 9.17) is 4.74 Å². The van der Waals surface area contributed by atoms with Crippen LogP contribution in [-0.2, 0) is 4.74 Å². The predicted molar refractivity (Wildman–Crippen MR) is 62.2 cm³/mol. The SMILES string of the molecule is CCC(COC)Nc1cnn(C(C)C)c1. The summed E-state index contributed by atoms with van der Waals surface area (Å²) in [7, 11) is 1.72. The van der Waals surface area contributed by atoms with Crippen LogP contribution in [0.4, 0.5) is 5.69 Å². The summed E-state index contributed by atoms with van der Waals surface area (Å²) in [5.41, 5.74) is 1.06. The summed E-state index contributed by atoms with van der Waals surface area (Å²) in [4.78, 5) is 0. The van der Waals surface area contributed by atoms with Crippen molar-refractivity contribution in [3.8, 4) is 0 Å². The van der Waals surface area contributed by atoms with E-state index in [0.717, 1.165) is 18.7 Å². The molecule has 15 heavy (non-hydrogen) atoms. The van der Waals surface area contributed by atoms with Crippen LogP contribution in [0.3, 0.4) is 0 Å². The Morgan fingerprint density at radius 2 is 2.27 bits per heavy atom. The monoisotopic (exact) mass is 211 g/mol. The van der Waals surface area contributed by atoms with Gasteiger partial charge in [-0.2, -0.15) is 5.10 Å². The van der Waals surface area contributed by atoms with Gasteiger partial charge in [0.15, 0.2) is 0 Å². The van der Waals surface area contributed by atoms with Crippen LogP contribution in [0.2, 0.25) is 0 Å². The van der Waals surface area contributed by atoms with E-state index in [-0.39, 0.29) is 0 Å². The third kappa shape index (κ3) is 3.55. The van der Waals surface area contributed by atoms with Crippen molar-refractivity contribution in [1.29, 1.82) is 0 Å². The topological polar surface area (TPSA) is 39.1 Å². The maximum absolute atomic E-state index is 5.13. The Kier molecular flexibility index (Phi) is 4.62. The van der Waals surface area contributed by atoms with Crippen molar-refractivity contribution in [3.05, 3.63) is 12.4 Å². The first-order valence-corrected chi connectivity index (χ1v) is 5.47. The van der Waals surface area contributed by atoms with E-state index in [1.165, 1.54) is 0 Å². The highest BCUT2D eigenvalue weighted by atomic mass is 16.5. The van der Waals surface area contributed by atoms with Crippen molar-refractivity contribution < 1.29 is 4.74 Å². The Morgan fingerprint density at radius 3 is 2.73 bits per heavy atom. The van der Waals surface area contributed by atoms with Gasteiger partial charge in [-0.25, -0.2) is 0 Å². The van der Waals surface area contributed by atoms with Crippen LogP contribution in [-0.4, -0.2) is 29.5 Å². The molecule has 1 atom stereocenters. The summed E-state index contributed by atoms with van der Waals surface area (Å²) in [6.45, 7) is 7.10. The molecule has 0 fully saturated rings. The molecule has 86 valence electrons. The minimum Gasteiger partial charge on any atom is -0.383 e. The number of nitrogens with one attached hydrogen (secondary N) is 1. The zero-order valence-corrected chi connectivity index (χ0v) is 10.0. The summed E-state index contributed by atoms with van der Waals surface area (Å²) in [5, 5.41) is 7.67. The van der Waals surface area contributed by atoms with Crippen molar-refractivity contribution in [3.63, 3.8) is 0 Å². The fourth-order valence-corrected chi connectivity index (χ4v) is 1.39. The highest BCUT2D eigenvalue weighted by molar-refractivity contribution is 5.39. The van der Waals surface area contributed by atoms with Gasteiger partial charge in [0.25, 0.3) is 0 Å². The molecule has 1 aromatic heterocycles. The Bertz CT molecular complexity index is 283. The van der Waals surface area contributed by atoms with Crippen LogP contribution in [0.1, 0.15) is 33.2 Å². The third-order valence-electron chi connectivity index (χ3n) is 2.36. The molecule has 1 heterocycles. The average molecular weight is 211 g/mol. The quantitative estimate of drug-likeness (QED) is 0.784. The molecule has 0 bridgehead atoms. The zero-order chi connectivity index (χ0) is 11.3. The van der Waals surface area contributed by atoms with Crippen LogP contribution < -0.4 is 5.32 Å². The molecule has 0 aliphatic rings.